The summed E-state index contributed by atoms with van der Waals surface area (Å²) < 4.78 is 27.0. The van der Waals surface area contributed by atoms with E-state index in [2.05, 4.69) is 26.5 Å². The number of hydrogen-bond donors (Lipinski definition) is 2. The summed E-state index contributed by atoms with van der Waals surface area (Å²) in [6, 6.07) is 4.81. The molecule has 0 saturated carbocycles. The van der Waals surface area contributed by atoms with Crippen LogP contribution in [0.5, 0.6) is 0 Å². The molecule has 2 heterocycles. The van der Waals surface area contributed by atoms with Crippen molar-refractivity contribution in [1.29, 1.82) is 0 Å². The average Bonchev–Trinajstić information content (AvgIpc) is 2.48. The minimum atomic E-state index is -3.73. The van der Waals surface area contributed by atoms with Crippen molar-refractivity contribution in [3.63, 3.8) is 0 Å². The number of sulfonamides is 1. The lowest BCUT2D eigenvalue weighted by atomic mass is 10.3. The molecule has 2 rings (SSSR count). The summed E-state index contributed by atoms with van der Waals surface area (Å²) >= 11 is 0. The fraction of sp³-hybridized carbons (Fsp3) is 0.143. The molecule has 7 heteroatoms. The van der Waals surface area contributed by atoms with Crippen molar-refractivity contribution < 1.29 is 8.42 Å². The first-order chi connectivity index (χ1) is 10.0. The third-order valence-electron chi connectivity index (χ3n) is 2.52. The lowest BCUT2D eigenvalue weighted by Gasteiger charge is -2.07. The average molecular weight is 302 g/mol. The summed E-state index contributed by atoms with van der Waals surface area (Å²) in [5.41, 5.74) is 6.97. The molecule has 0 bridgehead atoms. The van der Waals surface area contributed by atoms with E-state index in [1.54, 1.807) is 12.1 Å². The van der Waals surface area contributed by atoms with Crippen LogP contribution in [0.15, 0.2) is 41.7 Å². The maximum Gasteiger partial charge on any atom is 0.263 e. The Bertz CT molecular complexity index is 790. The zero-order valence-electron chi connectivity index (χ0n) is 11.4. The van der Waals surface area contributed by atoms with Gasteiger partial charge in [0.05, 0.1) is 18.4 Å². The summed E-state index contributed by atoms with van der Waals surface area (Å²) in [6.45, 7) is 2.02. The molecule has 2 aromatic heterocycles. The van der Waals surface area contributed by atoms with Crippen LogP contribution in [0.1, 0.15) is 11.3 Å². The highest BCUT2D eigenvalue weighted by Gasteiger charge is 2.15. The Kier molecular flexibility index (Phi) is 4.52. The van der Waals surface area contributed by atoms with Gasteiger partial charge in [0.2, 0.25) is 0 Å². The lowest BCUT2D eigenvalue weighted by Crippen LogP contribution is -2.13. The molecule has 0 aromatic carbocycles. The Morgan fingerprint density at radius 1 is 1.29 bits per heavy atom. The number of nitrogens with zero attached hydrogens (tertiary/aromatic N) is 2. The summed E-state index contributed by atoms with van der Waals surface area (Å²) in [6.07, 6.45) is 4.20. The largest absolute Gasteiger partial charge is 0.320 e. The standard InChI is InChI=1S/C14H14N4O2S/c1-11-4-5-13(9-17-11)18-21(19,20)14-7-12(3-2-6-15)8-16-10-14/h4-5,7-10,18H,6,15H2,1H3. The normalized spacial score (nSPS) is 10.6. The lowest BCUT2D eigenvalue weighted by molar-refractivity contribution is 0.600. The Balaban J connectivity index is 2.29. The van der Waals surface area contributed by atoms with Crippen LogP contribution >= 0.6 is 0 Å². The summed E-state index contributed by atoms with van der Waals surface area (Å²) in [4.78, 5) is 7.95. The summed E-state index contributed by atoms with van der Waals surface area (Å²) in [5, 5.41) is 0. The number of rotatable bonds is 3. The van der Waals surface area contributed by atoms with Crippen molar-refractivity contribution in [2.45, 2.75) is 11.8 Å². The van der Waals surface area contributed by atoms with Gasteiger partial charge in [0.25, 0.3) is 10.0 Å². The second-order valence-corrected chi connectivity index (χ2v) is 5.89. The molecule has 0 amide bonds. The number of pyridine rings is 2. The second kappa shape index (κ2) is 6.35. The molecule has 0 aliphatic heterocycles. The fourth-order valence-corrected chi connectivity index (χ4v) is 2.56. The number of hydrogen-bond acceptors (Lipinski definition) is 5. The number of aryl methyl sites for hydroxylation is 1. The van der Waals surface area contributed by atoms with Gasteiger partial charge in [-0.1, -0.05) is 11.8 Å². The smallest absolute Gasteiger partial charge is 0.263 e. The maximum absolute atomic E-state index is 12.3. The van der Waals surface area contributed by atoms with Gasteiger partial charge < -0.3 is 5.73 Å². The number of nitrogens with one attached hydrogen (secondary N) is 1. The number of anilines is 1. The molecule has 6 nitrogen and oxygen atoms in total. The van der Waals surface area contributed by atoms with Crippen LogP contribution in [0, 0.1) is 18.8 Å². The van der Waals surface area contributed by atoms with Crippen LogP contribution in [0.2, 0.25) is 0 Å². The van der Waals surface area contributed by atoms with Gasteiger partial charge in [0.1, 0.15) is 4.90 Å². The first kappa shape index (κ1) is 15.0. The van der Waals surface area contributed by atoms with E-state index in [0.717, 1.165) is 5.69 Å². The second-order valence-electron chi connectivity index (χ2n) is 4.21. The third kappa shape index (κ3) is 4.02. The van der Waals surface area contributed by atoms with Crippen LogP contribution in [0.4, 0.5) is 5.69 Å². The van der Waals surface area contributed by atoms with Crippen molar-refractivity contribution in [2.75, 3.05) is 11.3 Å². The van der Waals surface area contributed by atoms with E-state index in [0.29, 0.717) is 11.3 Å². The summed E-state index contributed by atoms with van der Waals surface area (Å²) in [7, 11) is -3.73. The van der Waals surface area contributed by atoms with Crippen molar-refractivity contribution in [1.82, 2.24) is 9.97 Å². The van der Waals surface area contributed by atoms with Gasteiger partial charge in [0.15, 0.2) is 0 Å². The molecular weight excluding hydrogens is 288 g/mol. The van der Waals surface area contributed by atoms with Gasteiger partial charge in [-0.2, -0.15) is 0 Å². The molecule has 2 aromatic rings. The van der Waals surface area contributed by atoms with Crippen LogP contribution < -0.4 is 10.5 Å². The maximum atomic E-state index is 12.3. The molecular formula is C14H14N4O2S. The predicted octanol–water partition coefficient (Wildman–Crippen LogP) is 0.896. The molecule has 0 aliphatic rings. The third-order valence-corrected chi connectivity index (χ3v) is 3.87. The van der Waals surface area contributed by atoms with Crippen molar-refractivity contribution in [2.24, 2.45) is 5.73 Å². The first-order valence-corrected chi connectivity index (χ1v) is 7.59. The van der Waals surface area contributed by atoms with Gasteiger partial charge in [0, 0.05) is 23.7 Å². The van der Waals surface area contributed by atoms with Gasteiger partial charge in [-0.25, -0.2) is 8.42 Å². The van der Waals surface area contributed by atoms with E-state index in [1.165, 1.54) is 24.7 Å². The van der Waals surface area contributed by atoms with Gasteiger partial charge in [-0.15, -0.1) is 0 Å². The van der Waals surface area contributed by atoms with E-state index in [1.807, 2.05) is 6.92 Å². The van der Waals surface area contributed by atoms with E-state index in [9.17, 15) is 8.42 Å². The molecule has 108 valence electrons. The molecule has 0 atom stereocenters. The zero-order valence-corrected chi connectivity index (χ0v) is 12.2. The molecule has 0 spiro atoms. The monoisotopic (exact) mass is 302 g/mol. The zero-order chi connectivity index (χ0) is 15.3. The van der Waals surface area contributed by atoms with E-state index in [4.69, 9.17) is 5.73 Å². The van der Waals surface area contributed by atoms with Gasteiger partial charge >= 0.3 is 0 Å². The van der Waals surface area contributed by atoms with Crippen LogP contribution in [-0.4, -0.2) is 24.9 Å². The van der Waals surface area contributed by atoms with E-state index < -0.39 is 10.0 Å². The molecule has 0 saturated heterocycles. The highest BCUT2D eigenvalue weighted by atomic mass is 32.2. The Labute approximate surface area is 123 Å². The van der Waals surface area contributed by atoms with E-state index in [-0.39, 0.29) is 11.4 Å². The quantitative estimate of drug-likeness (QED) is 0.821. The van der Waals surface area contributed by atoms with E-state index >= 15 is 0 Å². The molecule has 0 aliphatic carbocycles. The van der Waals surface area contributed by atoms with Crippen molar-refractivity contribution in [3.05, 3.63) is 48.0 Å². The van der Waals surface area contributed by atoms with Gasteiger partial charge in [-0.3, -0.25) is 14.7 Å². The van der Waals surface area contributed by atoms with Crippen LogP contribution in [0.25, 0.3) is 0 Å². The van der Waals surface area contributed by atoms with Crippen LogP contribution in [0.3, 0.4) is 0 Å². The SMILES string of the molecule is Cc1ccc(NS(=O)(=O)c2cncc(C#CCN)c2)cn1. The highest BCUT2D eigenvalue weighted by molar-refractivity contribution is 7.92. The van der Waals surface area contributed by atoms with Crippen molar-refractivity contribution in [3.8, 4) is 11.8 Å². The summed E-state index contributed by atoms with van der Waals surface area (Å²) in [5.74, 6) is 5.40. The molecule has 0 unspecified atom stereocenters. The van der Waals surface area contributed by atoms with Crippen LogP contribution in [-0.2, 0) is 10.0 Å². The topological polar surface area (TPSA) is 98.0 Å². The Morgan fingerprint density at radius 2 is 2.10 bits per heavy atom. The first-order valence-electron chi connectivity index (χ1n) is 6.11. The predicted molar refractivity (Wildman–Crippen MR) is 80.0 cm³/mol. The fourth-order valence-electron chi connectivity index (χ4n) is 1.53. The van der Waals surface area contributed by atoms with Crippen molar-refractivity contribution >= 4 is 15.7 Å². The molecule has 0 fully saturated rings. The van der Waals surface area contributed by atoms with Gasteiger partial charge in [-0.05, 0) is 25.1 Å². The minimum absolute atomic E-state index is 0.0342. The molecule has 3 N–H and O–H groups in total. The number of nitrogens with two attached hydrogens (primary N) is 1. The molecule has 0 radical (unpaired) electrons. The molecule has 21 heavy (non-hydrogen) atoms. The minimum Gasteiger partial charge on any atom is -0.320 e. The highest BCUT2D eigenvalue weighted by Crippen LogP contribution is 2.15. The Morgan fingerprint density at radius 3 is 2.76 bits per heavy atom. The Hall–Kier alpha value is -2.43. The number of aromatic nitrogens is 2.